The summed E-state index contributed by atoms with van der Waals surface area (Å²) in [5, 5.41) is 8.71. The number of benzene rings is 1. The monoisotopic (exact) mass is 394 g/mol. The highest BCUT2D eigenvalue weighted by atomic mass is 32.1. The molecule has 0 saturated carbocycles. The van der Waals surface area contributed by atoms with Crippen LogP contribution < -0.4 is 5.32 Å². The first-order valence-corrected chi connectivity index (χ1v) is 11.0. The molecule has 5 nitrogen and oxygen atoms in total. The highest BCUT2D eigenvalue weighted by molar-refractivity contribution is 7.11. The molecule has 1 N–H and O–H groups in total. The van der Waals surface area contributed by atoms with E-state index in [9.17, 15) is 4.79 Å². The van der Waals surface area contributed by atoms with Crippen molar-refractivity contribution in [1.29, 1.82) is 0 Å². The van der Waals surface area contributed by atoms with Crippen LogP contribution in [-0.4, -0.2) is 27.2 Å². The fraction of sp³-hybridized carbons (Fsp3) is 0.409. The summed E-state index contributed by atoms with van der Waals surface area (Å²) >= 11 is 1.86. The van der Waals surface area contributed by atoms with E-state index in [4.69, 9.17) is 4.98 Å². The van der Waals surface area contributed by atoms with E-state index in [0.29, 0.717) is 12.1 Å². The minimum Gasteiger partial charge on any atom is -0.352 e. The molecule has 2 aromatic heterocycles. The van der Waals surface area contributed by atoms with E-state index < -0.39 is 0 Å². The number of aromatic nitrogens is 3. The van der Waals surface area contributed by atoms with Crippen LogP contribution in [0.3, 0.4) is 0 Å². The molecule has 0 aliphatic heterocycles. The van der Waals surface area contributed by atoms with E-state index in [1.807, 2.05) is 46.4 Å². The molecule has 3 aromatic rings. The number of carbonyl (C=O) groups excluding carboxylic acids is 1. The molecule has 1 aliphatic rings. The van der Waals surface area contributed by atoms with Crippen molar-refractivity contribution < 1.29 is 4.79 Å². The molecule has 0 saturated heterocycles. The zero-order valence-electron chi connectivity index (χ0n) is 16.3. The molecule has 1 aliphatic carbocycles. The van der Waals surface area contributed by atoms with Gasteiger partial charge in [0.1, 0.15) is 0 Å². The maximum absolute atomic E-state index is 12.7. The van der Waals surface area contributed by atoms with Crippen molar-refractivity contribution in [2.45, 2.75) is 51.9 Å². The number of hydrogen-bond donors (Lipinski definition) is 1. The molecule has 4 rings (SSSR count). The van der Waals surface area contributed by atoms with Gasteiger partial charge in [0.2, 0.25) is 0 Å². The lowest BCUT2D eigenvalue weighted by Crippen LogP contribution is -2.25. The first-order valence-electron chi connectivity index (χ1n) is 10.1. The van der Waals surface area contributed by atoms with Gasteiger partial charge >= 0.3 is 0 Å². The number of carbonyl (C=O) groups is 1. The van der Waals surface area contributed by atoms with Gasteiger partial charge in [-0.05, 0) is 50.7 Å². The second-order valence-electron chi connectivity index (χ2n) is 7.15. The van der Waals surface area contributed by atoms with E-state index >= 15 is 0 Å². The fourth-order valence-electron chi connectivity index (χ4n) is 3.74. The van der Waals surface area contributed by atoms with Crippen molar-refractivity contribution in [1.82, 2.24) is 20.1 Å². The third kappa shape index (κ3) is 4.02. The van der Waals surface area contributed by atoms with Crippen LogP contribution in [0.15, 0.2) is 36.5 Å². The average Bonchev–Trinajstić information content (AvgIpc) is 3.35. The summed E-state index contributed by atoms with van der Waals surface area (Å²) in [5.41, 5.74) is 3.90. The Morgan fingerprint density at radius 3 is 2.82 bits per heavy atom. The predicted molar refractivity (Wildman–Crippen MR) is 112 cm³/mol. The molecule has 6 heteroatoms. The highest BCUT2D eigenvalue weighted by Gasteiger charge is 2.17. The third-order valence-electron chi connectivity index (χ3n) is 5.19. The summed E-state index contributed by atoms with van der Waals surface area (Å²) in [5.74, 6) is -0.0440. The van der Waals surface area contributed by atoms with Crippen LogP contribution >= 0.6 is 11.3 Å². The molecule has 0 spiro atoms. The molecular formula is C22H26N4OS. The topological polar surface area (TPSA) is 59.8 Å². The second-order valence-corrected chi connectivity index (χ2v) is 8.32. The van der Waals surface area contributed by atoms with E-state index in [2.05, 4.69) is 17.3 Å². The molecule has 0 fully saturated rings. The highest BCUT2D eigenvalue weighted by Crippen LogP contribution is 2.27. The summed E-state index contributed by atoms with van der Waals surface area (Å²) in [6.45, 7) is 2.71. The molecular weight excluding hydrogens is 368 g/mol. The van der Waals surface area contributed by atoms with Gasteiger partial charge in [0.05, 0.1) is 33.8 Å². The number of para-hydroxylation sites is 1. The lowest BCUT2D eigenvalue weighted by atomic mass is 10.0. The third-order valence-corrected chi connectivity index (χ3v) is 6.41. The number of rotatable bonds is 7. The predicted octanol–water partition coefficient (Wildman–Crippen LogP) is 4.13. The van der Waals surface area contributed by atoms with Gasteiger partial charge in [-0.3, -0.25) is 4.79 Å². The van der Waals surface area contributed by atoms with Crippen molar-refractivity contribution in [3.05, 3.63) is 63.4 Å². The molecule has 28 heavy (non-hydrogen) atoms. The Morgan fingerprint density at radius 2 is 2.04 bits per heavy atom. The minimum atomic E-state index is -0.0440. The van der Waals surface area contributed by atoms with Crippen molar-refractivity contribution in [3.8, 4) is 5.69 Å². The standard InChI is InChI=1S/C22H26N4OS/c1-2-19-17(15-24-26(19)16-9-4-3-5-10-16)22(27)23-14-8-13-21-25-18-11-6-7-12-20(18)28-21/h3-5,9-10,15H,2,6-8,11-14H2,1H3,(H,23,27). The summed E-state index contributed by atoms with van der Waals surface area (Å²) in [6, 6.07) is 9.94. The first kappa shape index (κ1) is 18.9. The molecule has 1 aromatic carbocycles. The molecule has 0 unspecified atom stereocenters. The zero-order valence-corrected chi connectivity index (χ0v) is 17.1. The lowest BCUT2D eigenvalue weighted by molar-refractivity contribution is 0.0952. The van der Waals surface area contributed by atoms with Gasteiger partial charge in [-0.2, -0.15) is 5.10 Å². The number of nitrogens with zero attached hydrogens (tertiary/aromatic N) is 3. The van der Waals surface area contributed by atoms with E-state index in [-0.39, 0.29) is 5.91 Å². The fourth-order valence-corrected chi connectivity index (χ4v) is 4.94. The largest absolute Gasteiger partial charge is 0.352 e. The van der Waals surface area contributed by atoms with Crippen molar-refractivity contribution in [2.75, 3.05) is 6.54 Å². The minimum absolute atomic E-state index is 0.0440. The number of fused-ring (bicyclic) bond motifs is 1. The van der Waals surface area contributed by atoms with Gasteiger partial charge < -0.3 is 5.32 Å². The van der Waals surface area contributed by atoms with Crippen LogP contribution in [0.2, 0.25) is 0 Å². The Kier molecular flexibility index (Phi) is 5.86. The zero-order chi connectivity index (χ0) is 19.3. The van der Waals surface area contributed by atoms with E-state index in [0.717, 1.165) is 37.1 Å². The Balaban J connectivity index is 1.34. The number of hydrogen-bond acceptors (Lipinski definition) is 4. The van der Waals surface area contributed by atoms with Crippen LogP contribution in [-0.2, 0) is 25.7 Å². The van der Waals surface area contributed by atoms with Gasteiger partial charge in [0.15, 0.2) is 0 Å². The summed E-state index contributed by atoms with van der Waals surface area (Å²) < 4.78 is 1.86. The van der Waals surface area contributed by atoms with E-state index in [1.165, 1.54) is 34.8 Å². The number of aryl methyl sites for hydroxylation is 3. The van der Waals surface area contributed by atoms with Crippen LogP contribution in [0.5, 0.6) is 0 Å². The Bertz CT molecular complexity index is 921. The Labute approximate surface area is 169 Å². The molecule has 2 heterocycles. The Hall–Kier alpha value is -2.47. The Morgan fingerprint density at radius 1 is 1.21 bits per heavy atom. The average molecular weight is 395 g/mol. The SMILES string of the molecule is CCc1c(C(=O)NCCCc2nc3c(s2)CCCC3)cnn1-c1ccccc1. The van der Waals surface area contributed by atoms with Gasteiger partial charge in [0, 0.05) is 17.8 Å². The number of amides is 1. The van der Waals surface area contributed by atoms with Gasteiger partial charge in [-0.1, -0.05) is 25.1 Å². The van der Waals surface area contributed by atoms with Crippen LogP contribution in [0.1, 0.15) is 57.8 Å². The maximum atomic E-state index is 12.7. The summed E-state index contributed by atoms with van der Waals surface area (Å²) in [4.78, 5) is 18.9. The lowest BCUT2D eigenvalue weighted by Gasteiger charge is -2.08. The van der Waals surface area contributed by atoms with Crippen molar-refractivity contribution >= 4 is 17.2 Å². The van der Waals surface area contributed by atoms with Crippen molar-refractivity contribution in [3.63, 3.8) is 0 Å². The molecule has 0 bridgehead atoms. The van der Waals surface area contributed by atoms with Crippen LogP contribution in [0.25, 0.3) is 5.69 Å². The molecule has 0 radical (unpaired) electrons. The maximum Gasteiger partial charge on any atom is 0.254 e. The molecule has 1 amide bonds. The van der Waals surface area contributed by atoms with Crippen LogP contribution in [0.4, 0.5) is 0 Å². The first-order chi connectivity index (χ1) is 13.8. The van der Waals surface area contributed by atoms with Crippen molar-refractivity contribution in [2.24, 2.45) is 0 Å². The quantitative estimate of drug-likeness (QED) is 0.613. The number of thiazole rings is 1. The second kappa shape index (κ2) is 8.69. The summed E-state index contributed by atoms with van der Waals surface area (Å²) in [6.07, 6.45) is 9.15. The number of nitrogens with one attached hydrogen (secondary N) is 1. The molecule has 0 atom stereocenters. The van der Waals surface area contributed by atoms with E-state index in [1.54, 1.807) is 6.20 Å². The van der Waals surface area contributed by atoms with Gasteiger partial charge in [0.25, 0.3) is 5.91 Å². The normalized spacial score (nSPS) is 13.3. The van der Waals surface area contributed by atoms with Gasteiger partial charge in [-0.25, -0.2) is 9.67 Å². The van der Waals surface area contributed by atoms with Crippen LogP contribution in [0, 0.1) is 0 Å². The smallest absolute Gasteiger partial charge is 0.254 e. The summed E-state index contributed by atoms with van der Waals surface area (Å²) in [7, 11) is 0. The van der Waals surface area contributed by atoms with Gasteiger partial charge in [-0.15, -0.1) is 11.3 Å². The molecule has 146 valence electrons.